The molecule has 0 unspecified atom stereocenters. The second-order valence-corrected chi connectivity index (χ2v) is 8.85. The van der Waals surface area contributed by atoms with Gasteiger partial charge in [-0.25, -0.2) is 9.38 Å². The summed E-state index contributed by atoms with van der Waals surface area (Å²) in [6.07, 6.45) is 1.77. The van der Waals surface area contributed by atoms with E-state index in [9.17, 15) is 9.18 Å². The van der Waals surface area contributed by atoms with Crippen LogP contribution in [0.25, 0.3) is 6.08 Å². The Labute approximate surface area is 203 Å². The van der Waals surface area contributed by atoms with Gasteiger partial charge in [0.05, 0.1) is 21.7 Å². The molecule has 0 atom stereocenters. The van der Waals surface area contributed by atoms with Crippen LogP contribution in [0.2, 0.25) is 0 Å². The number of aliphatic imine (C=N–C) groups is 1. The summed E-state index contributed by atoms with van der Waals surface area (Å²) < 4.78 is 26.2. The molecule has 3 aromatic carbocycles. The van der Waals surface area contributed by atoms with Crippen LogP contribution in [0, 0.1) is 5.82 Å². The highest BCUT2D eigenvalue weighted by Gasteiger charge is 2.24. The van der Waals surface area contributed by atoms with Crippen LogP contribution < -0.4 is 14.8 Å². The van der Waals surface area contributed by atoms with Crippen molar-refractivity contribution in [3.63, 3.8) is 0 Å². The summed E-state index contributed by atoms with van der Waals surface area (Å²) in [5.74, 6) is 0.419. The van der Waals surface area contributed by atoms with Crippen molar-refractivity contribution in [3.05, 3.63) is 93.1 Å². The van der Waals surface area contributed by atoms with Crippen LogP contribution in [-0.2, 0) is 11.4 Å². The third-order valence-corrected chi connectivity index (χ3v) is 6.10. The van der Waals surface area contributed by atoms with Gasteiger partial charge < -0.3 is 14.8 Å². The fourth-order valence-electron chi connectivity index (χ4n) is 3.09. The Balaban J connectivity index is 1.57. The maximum absolute atomic E-state index is 14.0. The Bertz CT molecular complexity index is 1230. The van der Waals surface area contributed by atoms with Crippen molar-refractivity contribution in [3.8, 4) is 11.5 Å². The summed E-state index contributed by atoms with van der Waals surface area (Å²) in [7, 11) is 0. The van der Waals surface area contributed by atoms with Gasteiger partial charge in [-0.1, -0.05) is 36.4 Å². The molecular weight excluding hydrogens is 507 g/mol. The molecule has 1 amide bonds. The van der Waals surface area contributed by atoms with Gasteiger partial charge in [0.1, 0.15) is 12.4 Å². The molecular formula is C25H20BrFN2O3S. The molecule has 0 radical (unpaired) electrons. The minimum atomic E-state index is -0.329. The summed E-state index contributed by atoms with van der Waals surface area (Å²) in [5, 5.41) is 3.30. The van der Waals surface area contributed by atoms with E-state index in [4.69, 9.17) is 9.47 Å². The van der Waals surface area contributed by atoms with Crippen molar-refractivity contribution in [2.45, 2.75) is 13.5 Å². The molecule has 0 spiro atoms. The van der Waals surface area contributed by atoms with Gasteiger partial charge in [-0.05, 0) is 76.6 Å². The SMILES string of the molecule is CCOc1cc(/C=C2\SC(=Nc3ccccc3)NC2=O)cc(Br)c1OCc1ccccc1F. The van der Waals surface area contributed by atoms with Gasteiger partial charge in [0.25, 0.3) is 5.91 Å². The first-order valence-corrected chi connectivity index (χ1v) is 11.8. The largest absolute Gasteiger partial charge is 0.490 e. The van der Waals surface area contributed by atoms with Crippen molar-refractivity contribution >= 4 is 50.5 Å². The van der Waals surface area contributed by atoms with Crippen LogP contribution in [-0.4, -0.2) is 17.7 Å². The fraction of sp³-hybridized carbons (Fsp3) is 0.120. The van der Waals surface area contributed by atoms with Crippen molar-refractivity contribution < 1.29 is 18.7 Å². The van der Waals surface area contributed by atoms with Gasteiger partial charge in [-0.2, -0.15) is 0 Å². The number of rotatable bonds is 7. The number of nitrogens with zero attached hydrogens (tertiary/aromatic N) is 1. The molecule has 5 nitrogen and oxygen atoms in total. The number of amidine groups is 1. The van der Waals surface area contributed by atoms with Gasteiger partial charge >= 0.3 is 0 Å². The molecule has 8 heteroatoms. The number of hydrogen-bond donors (Lipinski definition) is 1. The number of hydrogen-bond acceptors (Lipinski definition) is 5. The Kier molecular flexibility index (Phi) is 7.47. The van der Waals surface area contributed by atoms with E-state index in [0.29, 0.717) is 38.2 Å². The molecule has 1 aliphatic rings. The van der Waals surface area contributed by atoms with Crippen LogP contribution in [0.4, 0.5) is 10.1 Å². The van der Waals surface area contributed by atoms with Crippen LogP contribution in [0.1, 0.15) is 18.1 Å². The molecule has 0 bridgehead atoms. The average Bonchev–Trinajstić information content (AvgIpc) is 3.13. The predicted molar refractivity (Wildman–Crippen MR) is 133 cm³/mol. The number of carbonyl (C=O) groups excluding carboxylic acids is 1. The molecule has 168 valence electrons. The van der Waals surface area contributed by atoms with Gasteiger partial charge in [0.15, 0.2) is 16.7 Å². The second-order valence-electron chi connectivity index (χ2n) is 6.96. The number of para-hydroxylation sites is 1. The van der Waals surface area contributed by atoms with E-state index < -0.39 is 0 Å². The Hall–Kier alpha value is -3.10. The maximum Gasteiger partial charge on any atom is 0.264 e. The molecule has 0 aliphatic carbocycles. The highest BCUT2D eigenvalue weighted by atomic mass is 79.9. The standard InChI is InChI=1S/C25H20BrFN2O3S/c1-2-31-21-13-16(12-19(26)23(21)32-15-17-8-6-7-11-20(17)27)14-22-24(30)29-25(33-22)28-18-9-4-3-5-10-18/h3-14H,2,15H2,1H3,(H,28,29,30)/b22-14-. The summed E-state index contributed by atoms with van der Waals surface area (Å²) in [6.45, 7) is 2.35. The van der Waals surface area contributed by atoms with Crippen molar-refractivity contribution in [2.75, 3.05) is 6.61 Å². The quantitative estimate of drug-likeness (QED) is 0.359. The lowest BCUT2D eigenvalue weighted by Crippen LogP contribution is -2.19. The minimum Gasteiger partial charge on any atom is -0.490 e. The zero-order chi connectivity index (χ0) is 23.2. The highest BCUT2D eigenvalue weighted by Crippen LogP contribution is 2.39. The molecule has 33 heavy (non-hydrogen) atoms. The molecule has 4 rings (SSSR count). The third-order valence-electron chi connectivity index (χ3n) is 4.60. The summed E-state index contributed by atoms with van der Waals surface area (Å²) in [4.78, 5) is 17.4. The molecule has 0 saturated carbocycles. The minimum absolute atomic E-state index is 0.0589. The van der Waals surface area contributed by atoms with Crippen LogP contribution >= 0.6 is 27.7 Å². The number of amides is 1. The first kappa shape index (κ1) is 23.1. The molecule has 0 aromatic heterocycles. The molecule has 1 fully saturated rings. The third kappa shape index (κ3) is 5.83. The number of thioether (sulfide) groups is 1. The van der Waals surface area contributed by atoms with Crippen molar-refractivity contribution in [1.82, 2.24) is 5.32 Å². The zero-order valence-corrected chi connectivity index (χ0v) is 20.1. The van der Waals surface area contributed by atoms with E-state index in [1.807, 2.05) is 43.3 Å². The summed E-state index contributed by atoms with van der Waals surface area (Å²) in [5.41, 5.74) is 1.96. The van der Waals surface area contributed by atoms with Crippen molar-refractivity contribution in [1.29, 1.82) is 0 Å². The predicted octanol–water partition coefficient (Wildman–Crippen LogP) is 6.46. The molecule has 1 N–H and O–H groups in total. The van der Waals surface area contributed by atoms with Crippen LogP contribution in [0.5, 0.6) is 11.5 Å². The zero-order valence-electron chi connectivity index (χ0n) is 17.7. The lowest BCUT2D eigenvalue weighted by molar-refractivity contribution is -0.115. The first-order chi connectivity index (χ1) is 16.0. The Morgan fingerprint density at radius 2 is 1.85 bits per heavy atom. The highest BCUT2D eigenvalue weighted by molar-refractivity contribution is 9.10. The monoisotopic (exact) mass is 526 g/mol. The molecule has 1 aliphatic heterocycles. The molecule has 1 heterocycles. The smallest absolute Gasteiger partial charge is 0.264 e. The van der Waals surface area contributed by atoms with Crippen LogP contribution in [0.3, 0.4) is 0 Å². The van der Waals surface area contributed by atoms with E-state index in [1.54, 1.807) is 30.3 Å². The Morgan fingerprint density at radius 3 is 2.61 bits per heavy atom. The number of benzene rings is 3. The number of nitrogens with one attached hydrogen (secondary N) is 1. The van der Waals surface area contributed by atoms with Gasteiger partial charge in [-0.15, -0.1) is 0 Å². The van der Waals surface area contributed by atoms with E-state index in [0.717, 1.165) is 11.3 Å². The first-order valence-electron chi connectivity index (χ1n) is 10.2. The molecule has 1 saturated heterocycles. The van der Waals surface area contributed by atoms with E-state index in [1.165, 1.54) is 17.8 Å². The van der Waals surface area contributed by atoms with E-state index >= 15 is 0 Å². The number of halogens is 2. The van der Waals surface area contributed by atoms with Crippen molar-refractivity contribution in [2.24, 2.45) is 4.99 Å². The topological polar surface area (TPSA) is 59.9 Å². The van der Waals surface area contributed by atoms with Gasteiger partial charge in [-0.3, -0.25) is 4.79 Å². The van der Waals surface area contributed by atoms with Crippen LogP contribution in [0.15, 0.2) is 81.1 Å². The normalized spacial score (nSPS) is 15.7. The lowest BCUT2D eigenvalue weighted by atomic mass is 10.1. The fourth-order valence-corrected chi connectivity index (χ4v) is 4.51. The van der Waals surface area contributed by atoms with Gasteiger partial charge in [0, 0.05) is 5.56 Å². The van der Waals surface area contributed by atoms with E-state index in [-0.39, 0.29) is 18.3 Å². The number of carbonyl (C=O) groups is 1. The summed E-state index contributed by atoms with van der Waals surface area (Å²) in [6, 6.07) is 19.5. The summed E-state index contributed by atoms with van der Waals surface area (Å²) >= 11 is 4.79. The second kappa shape index (κ2) is 10.7. The van der Waals surface area contributed by atoms with E-state index in [2.05, 4.69) is 26.2 Å². The maximum atomic E-state index is 14.0. The molecule has 3 aromatic rings. The van der Waals surface area contributed by atoms with Gasteiger partial charge in [0.2, 0.25) is 0 Å². The Morgan fingerprint density at radius 1 is 1.09 bits per heavy atom. The number of ether oxygens (including phenoxy) is 2. The average molecular weight is 527 g/mol. The lowest BCUT2D eigenvalue weighted by Gasteiger charge is -2.15.